The molecule has 3 aliphatic carbocycles. The Bertz CT molecular complexity index is 465. The lowest BCUT2D eigenvalue weighted by molar-refractivity contribution is 0.00203. The second-order valence-electron chi connectivity index (χ2n) is 10.5. The molecule has 0 bridgehead atoms. The van der Waals surface area contributed by atoms with Crippen LogP contribution in [0.25, 0.3) is 0 Å². The monoisotopic (exact) mass is 400 g/mol. The Balaban J connectivity index is 1.28. The summed E-state index contributed by atoms with van der Waals surface area (Å²) in [5.74, 6) is 4.45. The van der Waals surface area contributed by atoms with Crippen molar-refractivity contribution in [2.45, 2.75) is 116 Å². The predicted molar refractivity (Wildman–Crippen MR) is 126 cm³/mol. The smallest absolute Gasteiger partial charge is 0.0575 e. The molecule has 2 unspecified atom stereocenters. The first-order valence-electron chi connectivity index (χ1n) is 13.2. The Morgan fingerprint density at radius 2 is 1.55 bits per heavy atom. The normalized spacial score (nSPS) is 35.5. The van der Waals surface area contributed by atoms with Crippen LogP contribution in [0.4, 0.5) is 0 Å². The van der Waals surface area contributed by atoms with Crippen LogP contribution >= 0.6 is 0 Å². The highest BCUT2D eigenvalue weighted by atomic mass is 16.5. The molecule has 29 heavy (non-hydrogen) atoms. The van der Waals surface area contributed by atoms with E-state index < -0.39 is 0 Å². The van der Waals surface area contributed by atoms with E-state index >= 15 is 0 Å². The molecule has 0 heterocycles. The summed E-state index contributed by atoms with van der Waals surface area (Å²) in [4.78, 5) is 0. The number of ether oxygens (including phenoxy) is 1. The fourth-order valence-corrected chi connectivity index (χ4v) is 6.22. The van der Waals surface area contributed by atoms with Gasteiger partial charge in [-0.1, -0.05) is 63.7 Å². The van der Waals surface area contributed by atoms with Crippen LogP contribution in [-0.4, -0.2) is 12.7 Å². The van der Waals surface area contributed by atoms with Crippen LogP contribution in [0.3, 0.4) is 0 Å². The first-order valence-corrected chi connectivity index (χ1v) is 13.2. The van der Waals surface area contributed by atoms with Gasteiger partial charge in [0.2, 0.25) is 0 Å². The van der Waals surface area contributed by atoms with Crippen LogP contribution in [-0.2, 0) is 4.74 Å². The molecule has 0 N–H and O–H groups in total. The molecule has 0 aromatic rings. The van der Waals surface area contributed by atoms with Gasteiger partial charge < -0.3 is 4.74 Å². The SMILES string of the molecule is C=CCCC1CCC(C2C=CC(COC3CCC(CCCCC)CC3)CC2)CC1. The van der Waals surface area contributed by atoms with Gasteiger partial charge in [0, 0.05) is 5.92 Å². The zero-order valence-electron chi connectivity index (χ0n) is 19.3. The molecule has 2 atom stereocenters. The fourth-order valence-electron chi connectivity index (χ4n) is 6.22. The lowest BCUT2D eigenvalue weighted by Crippen LogP contribution is -2.26. The minimum atomic E-state index is 0.550. The molecule has 0 aromatic heterocycles. The number of allylic oxidation sites excluding steroid dienone is 2. The first-order chi connectivity index (χ1) is 14.3. The maximum atomic E-state index is 6.37. The van der Waals surface area contributed by atoms with Gasteiger partial charge in [-0.15, -0.1) is 6.58 Å². The van der Waals surface area contributed by atoms with Crippen LogP contribution in [0.1, 0.15) is 110 Å². The van der Waals surface area contributed by atoms with Gasteiger partial charge in [-0.25, -0.2) is 0 Å². The fraction of sp³-hybridized carbons (Fsp3) is 0.857. The Morgan fingerprint density at radius 3 is 2.21 bits per heavy atom. The molecule has 0 radical (unpaired) electrons. The van der Waals surface area contributed by atoms with E-state index in [-0.39, 0.29) is 0 Å². The van der Waals surface area contributed by atoms with Crippen molar-refractivity contribution < 1.29 is 4.74 Å². The minimum Gasteiger partial charge on any atom is -0.378 e. The maximum absolute atomic E-state index is 6.37. The minimum absolute atomic E-state index is 0.550. The van der Waals surface area contributed by atoms with Crippen LogP contribution in [0, 0.1) is 29.6 Å². The van der Waals surface area contributed by atoms with E-state index in [1.54, 1.807) is 0 Å². The molecule has 0 spiro atoms. The van der Waals surface area contributed by atoms with Gasteiger partial charge in [0.25, 0.3) is 0 Å². The molecule has 2 fully saturated rings. The van der Waals surface area contributed by atoms with Gasteiger partial charge in [0.1, 0.15) is 0 Å². The molecule has 0 aromatic carbocycles. The highest BCUT2D eigenvalue weighted by Gasteiger charge is 2.29. The Morgan fingerprint density at radius 1 is 0.828 bits per heavy atom. The van der Waals surface area contributed by atoms with Crippen molar-refractivity contribution in [3.8, 4) is 0 Å². The maximum Gasteiger partial charge on any atom is 0.0575 e. The zero-order valence-corrected chi connectivity index (χ0v) is 19.3. The standard InChI is InChI=1S/C28H48O/c1-3-5-7-9-24-14-20-28(21-15-24)29-22-25-12-18-27(19-13-25)26-16-10-23(11-17-26)8-6-4-2/h4,12,18,23-28H,2-3,5-11,13-17,19-22H2,1H3. The number of hydrogen-bond acceptors (Lipinski definition) is 1. The highest BCUT2D eigenvalue weighted by molar-refractivity contribution is 5.01. The Kier molecular flexibility index (Phi) is 10.3. The summed E-state index contributed by atoms with van der Waals surface area (Å²) in [5.41, 5.74) is 0. The van der Waals surface area contributed by atoms with Crippen molar-refractivity contribution in [1.29, 1.82) is 0 Å². The molecule has 0 amide bonds. The molecule has 0 saturated heterocycles. The van der Waals surface area contributed by atoms with E-state index in [2.05, 4.69) is 31.7 Å². The van der Waals surface area contributed by atoms with Crippen molar-refractivity contribution in [1.82, 2.24) is 0 Å². The van der Waals surface area contributed by atoms with E-state index in [1.807, 2.05) is 0 Å². The molecule has 166 valence electrons. The van der Waals surface area contributed by atoms with E-state index in [4.69, 9.17) is 4.74 Å². The predicted octanol–water partition coefficient (Wildman–Crippen LogP) is 8.50. The number of unbranched alkanes of at least 4 members (excludes halogenated alkanes) is 2. The molecule has 1 heteroatoms. The van der Waals surface area contributed by atoms with Crippen LogP contribution in [0.2, 0.25) is 0 Å². The van der Waals surface area contributed by atoms with Crippen molar-refractivity contribution in [2.75, 3.05) is 6.61 Å². The summed E-state index contributed by atoms with van der Waals surface area (Å²) in [6.07, 6.45) is 30.0. The van der Waals surface area contributed by atoms with Crippen molar-refractivity contribution >= 4 is 0 Å². The van der Waals surface area contributed by atoms with E-state index in [9.17, 15) is 0 Å². The topological polar surface area (TPSA) is 9.23 Å². The summed E-state index contributed by atoms with van der Waals surface area (Å²) >= 11 is 0. The van der Waals surface area contributed by atoms with Crippen molar-refractivity contribution in [3.63, 3.8) is 0 Å². The quantitative estimate of drug-likeness (QED) is 0.249. The summed E-state index contributed by atoms with van der Waals surface area (Å²) in [6.45, 7) is 7.17. The summed E-state index contributed by atoms with van der Waals surface area (Å²) in [7, 11) is 0. The van der Waals surface area contributed by atoms with Crippen LogP contribution < -0.4 is 0 Å². The van der Waals surface area contributed by atoms with Gasteiger partial charge in [-0.2, -0.15) is 0 Å². The number of rotatable bonds is 11. The van der Waals surface area contributed by atoms with Gasteiger partial charge in [0.05, 0.1) is 12.7 Å². The third-order valence-corrected chi connectivity index (χ3v) is 8.33. The van der Waals surface area contributed by atoms with Crippen molar-refractivity contribution in [3.05, 3.63) is 24.8 Å². The Labute approximate surface area is 181 Å². The van der Waals surface area contributed by atoms with Crippen molar-refractivity contribution in [2.24, 2.45) is 29.6 Å². The molecule has 0 aliphatic heterocycles. The van der Waals surface area contributed by atoms with Gasteiger partial charge in [-0.3, -0.25) is 0 Å². The highest BCUT2D eigenvalue weighted by Crippen LogP contribution is 2.40. The van der Waals surface area contributed by atoms with Gasteiger partial charge in [0.15, 0.2) is 0 Å². The van der Waals surface area contributed by atoms with Crippen LogP contribution in [0.15, 0.2) is 24.8 Å². The lowest BCUT2D eigenvalue weighted by atomic mass is 9.71. The average Bonchev–Trinajstić information content (AvgIpc) is 2.78. The Hall–Kier alpha value is -0.560. The molecule has 3 aliphatic rings. The van der Waals surface area contributed by atoms with E-state index in [0.717, 1.165) is 30.3 Å². The third-order valence-electron chi connectivity index (χ3n) is 8.33. The molecule has 1 nitrogen and oxygen atoms in total. The molecular formula is C28H48O. The average molecular weight is 401 g/mol. The largest absolute Gasteiger partial charge is 0.378 e. The molecule has 3 rings (SSSR count). The second-order valence-corrected chi connectivity index (χ2v) is 10.5. The second kappa shape index (κ2) is 13.0. The first kappa shape index (κ1) is 23.1. The van der Waals surface area contributed by atoms with Crippen LogP contribution in [0.5, 0.6) is 0 Å². The third kappa shape index (κ3) is 7.89. The van der Waals surface area contributed by atoms with Gasteiger partial charge in [-0.05, 0) is 87.9 Å². The molecular weight excluding hydrogens is 352 g/mol. The molecule has 2 saturated carbocycles. The van der Waals surface area contributed by atoms with Gasteiger partial charge >= 0.3 is 0 Å². The van der Waals surface area contributed by atoms with E-state index in [1.165, 1.54) is 103 Å². The van der Waals surface area contributed by atoms with E-state index in [0.29, 0.717) is 12.0 Å². The zero-order chi connectivity index (χ0) is 20.3. The summed E-state index contributed by atoms with van der Waals surface area (Å²) < 4.78 is 6.37. The summed E-state index contributed by atoms with van der Waals surface area (Å²) in [6, 6.07) is 0. The summed E-state index contributed by atoms with van der Waals surface area (Å²) in [5, 5.41) is 0. The number of hydrogen-bond donors (Lipinski definition) is 0. The lowest BCUT2D eigenvalue weighted by Gasteiger charge is -2.35.